The highest BCUT2D eigenvalue weighted by Gasteiger charge is 2.38. The maximum Gasteiger partial charge on any atom is 0.128 e. The van der Waals surface area contributed by atoms with Crippen LogP contribution < -0.4 is 11.3 Å². The Hall–Kier alpha value is -1.04. The molecule has 0 saturated carbocycles. The molecule has 0 aromatic heterocycles. The molecule has 5 heteroatoms. The molecule has 1 aliphatic rings. The summed E-state index contributed by atoms with van der Waals surface area (Å²) in [6.07, 6.45) is 2.26. The van der Waals surface area contributed by atoms with E-state index in [-0.39, 0.29) is 11.1 Å². The fourth-order valence-electron chi connectivity index (χ4n) is 2.89. The molecule has 0 radical (unpaired) electrons. The van der Waals surface area contributed by atoms with Gasteiger partial charge in [-0.05, 0) is 58.0 Å². The summed E-state index contributed by atoms with van der Waals surface area (Å²) >= 11 is 0. The highest BCUT2D eigenvalue weighted by molar-refractivity contribution is 5.25. The van der Waals surface area contributed by atoms with Crippen LogP contribution in [0.2, 0.25) is 0 Å². The van der Waals surface area contributed by atoms with E-state index < -0.39 is 17.7 Å². The predicted molar refractivity (Wildman–Crippen MR) is 71.3 cm³/mol. The third-order valence-corrected chi connectivity index (χ3v) is 4.06. The summed E-state index contributed by atoms with van der Waals surface area (Å²) in [7, 11) is 0. The Morgan fingerprint density at radius 2 is 1.89 bits per heavy atom. The molecule has 3 N–H and O–H groups in total. The van der Waals surface area contributed by atoms with E-state index in [4.69, 9.17) is 5.84 Å². The van der Waals surface area contributed by atoms with Gasteiger partial charge in [0.05, 0.1) is 6.04 Å². The Kier molecular flexibility index (Phi) is 4.18. The summed E-state index contributed by atoms with van der Waals surface area (Å²) in [5.41, 5.74) is 2.56. The molecule has 0 amide bonds. The molecule has 1 aromatic rings. The Bertz CT molecular complexity index is 442. The van der Waals surface area contributed by atoms with Gasteiger partial charge in [0.25, 0.3) is 0 Å². The lowest BCUT2D eigenvalue weighted by Crippen LogP contribution is -2.53. The summed E-state index contributed by atoms with van der Waals surface area (Å²) in [6, 6.07) is 3.03. The van der Waals surface area contributed by atoms with Crippen LogP contribution >= 0.6 is 0 Å². The number of likely N-dealkylation sites (tertiary alicyclic amines) is 1. The van der Waals surface area contributed by atoms with Gasteiger partial charge in [-0.15, -0.1) is 0 Å². The topological polar surface area (TPSA) is 41.3 Å². The largest absolute Gasteiger partial charge is 0.296 e. The SMILES string of the molecule is CC(C)(C(NN)c1cc(F)ccc1F)N1CCCC1. The van der Waals surface area contributed by atoms with Gasteiger partial charge in [0.1, 0.15) is 11.6 Å². The van der Waals surface area contributed by atoms with E-state index in [0.29, 0.717) is 0 Å². The minimum Gasteiger partial charge on any atom is -0.296 e. The zero-order chi connectivity index (χ0) is 14.0. The summed E-state index contributed by atoms with van der Waals surface area (Å²) in [5.74, 6) is 4.73. The number of hydrogen-bond donors (Lipinski definition) is 2. The van der Waals surface area contributed by atoms with E-state index in [0.717, 1.165) is 38.1 Å². The molecule has 106 valence electrons. The van der Waals surface area contributed by atoms with E-state index in [1.54, 1.807) is 0 Å². The molecule has 1 unspecified atom stereocenters. The van der Waals surface area contributed by atoms with E-state index in [9.17, 15) is 8.78 Å². The molecule has 1 saturated heterocycles. The highest BCUT2D eigenvalue weighted by Crippen LogP contribution is 2.34. The number of benzene rings is 1. The summed E-state index contributed by atoms with van der Waals surface area (Å²) < 4.78 is 27.3. The molecule has 1 aromatic carbocycles. The van der Waals surface area contributed by atoms with Crippen molar-refractivity contribution < 1.29 is 8.78 Å². The molecule has 0 bridgehead atoms. The van der Waals surface area contributed by atoms with Crippen LogP contribution in [-0.2, 0) is 0 Å². The lowest BCUT2D eigenvalue weighted by atomic mass is 9.87. The summed E-state index contributed by atoms with van der Waals surface area (Å²) in [5, 5.41) is 0. The molecule has 19 heavy (non-hydrogen) atoms. The van der Waals surface area contributed by atoms with Crippen molar-refractivity contribution in [1.29, 1.82) is 0 Å². The molecule has 1 atom stereocenters. The molecule has 1 aliphatic heterocycles. The number of rotatable bonds is 4. The van der Waals surface area contributed by atoms with E-state index >= 15 is 0 Å². The fraction of sp³-hybridized carbons (Fsp3) is 0.571. The minimum atomic E-state index is -0.457. The Morgan fingerprint density at radius 1 is 1.26 bits per heavy atom. The molecule has 3 nitrogen and oxygen atoms in total. The van der Waals surface area contributed by atoms with Crippen molar-refractivity contribution in [2.45, 2.75) is 38.3 Å². The van der Waals surface area contributed by atoms with Crippen molar-refractivity contribution in [2.24, 2.45) is 5.84 Å². The van der Waals surface area contributed by atoms with Gasteiger partial charge in [-0.25, -0.2) is 8.78 Å². The van der Waals surface area contributed by atoms with Gasteiger partial charge in [0.2, 0.25) is 0 Å². The predicted octanol–water partition coefficient (Wildman–Crippen LogP) is 2.34. The number of hydrazine groups is 1. The molecule has 1 fully saturated rings. The number of hydrogen-bond acceptors (Lipinski definition) is 3. The van der Waals surface area contributed by atoms with Crippen LogP contribution in [0, 0.1) is 11.6 Å². The third-order valence-electron chi connectivity index (χ3n) is 4.06. The van der Waals surface area contributed by atoms with Crippen molar-refractivity contribution >= 4 is 0 Å². The van der Waals surface area contributed by atoms with Gasteiger partial charge >= 0.3 is 0 Å². The van der Waals surface area contributed by atoms with Gasteiger partial charge in [-0.3, -0.25) is 16.2 Å². The molecular formula is C14H21F2N3. The zero-order valence-electron chi connectivity index (χ0n) is 11.4. The van der Waals surface area contributed by atoms with Crippen LogP contribution in [0.5, 0.6) is 0 Å². The number of nitrogens with two attached hydrogens (primary N) is 1. The van der Waals surface area contributed by atoms with Crippen molar-refractivity contribution in [3.63, 3.8) is 0 Å². The van der Waals surface area contributed by atoms with Crippen LogP contribution in [0.25, 0.3) is 0 Å². The monoisotopic (exact) mass is 269 g/mol. The molecule has 0 spiro atoms. The van der Waals surface area contributed by atoms with Crippen molar-refractivity contribution in [3.8, 4) is 0 Å². The normalized spacial score (nSPS) is 18.8. The number of nitrogens with one attached hydrogen (secondary N) is 1. The lowest BCUT2D eigenvalue weighted by molar-refractivity contribution is 0.105. The maximum atomic E-state index is 13.9. The van der Waals surface area contributed by atoms with Gasteiger partial charge in [0.15, 0.2) is 0 Å². The quantitative estimate of drug-likeness (QED) is 0.651. The Balaban J connectivity index is 2.35. The zero-order valence-corrected chi connectivity index (χ0v) is 11.4. The average Bonchev–Trinajstić information content (AvgIpc) is 2.88. The first-order valence-electron chi connectivity index (χ1n) is 6.63. The second-order valence-corrected chi connectivity index (χ2v) is 5.61. The lowest BCUT2D eigenvalue weighted by Gasteiger charge is -2.42. The first-order valence-corrected chi connectivity index (χ1v) is 6.63. The number of nitrogens with zero attached hydrogens (tertiary/aromatic N) is 1. The van der Waals surface area contributed by atoms with Crippen LogP contribution in [0.3, 0.4) is 0 Å². The van der Waals surface area contributed by atoms with Gasteiger partial charge in [-0.2, -0.15) is 0 Å². The maximum absolute atomic E-state index is 13.9. The van der Waals surface area contributed by atoms with Crippen LogP contribution in [0.15, 0.2) is 18.2 Å². The second-order valence-electron chi connectivity index (χ2n) is 5.61. The van der Waals surface area contributed by atoms with Crippen LogP contribution in [0.4, 0.5) is 8.78 Å². The molecule has 2 rings (SSSR count). The molecule has 0 aliphatic carbocycles. The van der Waals surface area contributed by atoms with Gasteiger partial charge in [0, 0.05) is 11.1 Å². The standard InChI is InChI=1S/C14H21F2N3/c1-14(2,19-7-3-4-8-19)13(18-17)11-9-10(15)5-6-12(11)16/h5-6,9,13,18H,3-4,7-8,17H2,1-2H3. The first-order chi connectivity index (χ1) is 8.96. The second kappa shape index (κ2) is 5.53. The number of halogens is 2. The Labute approximate surface area is 112 Å². The Morgan fingerprint density at radius 3 is 2.47 bits per heavy atom. The fourth-order valence-corrected chi connectivity index (χ4v) is 2.89. The molecular weight excluding hydrogens is 248 g/mol. The summed E-state index contributed by atoms with van der Waals surface area (Å²) in [4.78, 5) is 2.27. The van der Waals surface area contributed by atoms with Gasteiger partial charge in [-0.1, -0.05) is 0 Å². The van der Waals surface area contributed by atoms with E-state index in [1.165, 1.54) is 6.07 Å². The summed E-state index contributed by atoms with van der Waals surface area (Å²) in [6.45, 7) is 5.94. The van der Waals surface area contributed by atoms with Crippen LogP contribution in [0.1, 0.15) is 38.3 Å². The minimum absolute atomic E-state index is 0.277. The van der Waals surface area contributed by atoms with Crippen molar-refractivity contribution in [3.05, 3.63) is 35.4 Å². The average molecular weight is 269 g/mol. The van der Waals surface area contributed by atoms with E-state index in [2.05, 4.69) is 10.3 Å². The van der Waals surface area contributed by atoms with E-state index in [1.807, 2.05) is 13.8 Å². The van der Waals surface area contributed by atoms with Crippen molar-refractivity contribution in [2.75, 3.05) is 13.1 Å². The van der Waals surface area contributed by atoms with Gasteiger partial charge < -0.3 is 0 Å². The van der Waals surface area contributed by atoms with Crippen LogP contribution in [-0.4, -0.2) is 23.5 Å². The smallest absolute Gasteiger partial charge is 0.128 e. The van der Waals surface area contributed by atoms with Crippen molar-refractivity contribution in [1.82, 2.24) is 10.3 Å². The third kappa shape index (κ3) is 2.78. The molecule has 1 heterocycles. The first kappa shape index (κ1) is 14.4. The highest BCUT2D eigenvalue weighted by atomic mass is 19.1.